The van der Waals surface area contributed by atoms with Gasteiger partial charge in [-0.3, -0.25) is 9.59 Å². The van der Waals surface area contributed by atoms with Crippen LogP contribution >= 0.6 is 11.6 Å². The molecule has 214 valence electrons. The molecule has 1 aliphatic rings. The Morgan fingerprint density at radius 3 is 2.03 bits per heavy atom. The number of hydrogen-bond acceptors (Lipinski definition) is 5. The third kappa shape index (κ3) is 9.91. The summed E-state index contributed by atoms with van der Waals surface area (Å²) >= 11 is 5.84. The van der Waals surface area contributed by atoms with E-state index in [1.807, 2.05) is 0 Å². The van der Waals surface area contributed by atoms with Crippen LogP contribution in [0.5, 0.6) is 0 Å². The van der Waals surface area contributed by atoms with Gasteiger partial charge in [-0.1, -0.05) is 11.6 Å². The molecule has 0 spiro atoms. The van der Waals surface area contributed by atoms with Crippen molar-refractivity contribution in [3.05, 3.63) is 28.8 Å². The van der Waals surface area contributed by atoms with Crippen molar-refractivity contribution in [1.29, 1.82) is 0 Å². The zero-order valence-corrected chi connectivity index (χ0v) is 21.2. The molecule has 3 amide bonds. The number of carboxylic acid groups (broad SMARTS) is 1. The molecule has 0 bridgehead atoms. The van der Waals surface area contributed by atoms with Crippen molar-refractivity contribution < 1.29 is 55.4 Å². The van der Waals surface area contributed by atoms with E-state index in [1.54, 1.807) is 11.8 Å². The topological polar surface area (TPSA) is 125 Å². The van der Waals surface area contributed by atoms with Gasteiger partial charge in [-0.2, -0.15) is 26.3 Å². The molecule has 1 aromatic carbocycles. The summed E-state index contributed by atoms with van der Waals surface area (Å²) in [6.07, 6.45) is -8.71. The maximum absolute atomic E-state index is 12.8. The number of rotatable bonds is 5. The van der Waals surface area contributed by atoms with Crippen molar-refractivity contribution >= 4 is 41.2 Å². The summed E-state index contributed by atoms with van der Waals surface area (Å²) in [4.78, 5) is 47.5. The maximum Gasteiger partial charge on any atom is 0.490 e. The number of ether oxygens (including phenoxy) is 1. The standard InChI is InChI=1S/C20H25ClF3N3O4.C2HF3O2/c1-4-31-16(28)12-7-9-27(10-8-12)17(29)19(2,3)26-18(30)25-15-6-5-13(11-14(15)21)20(22,23)24;3-2(4,5)1(6)7/h5-6,11-12H,4,7-10H2,1-3H3,(H2,25,26,30);(H,6,7). The second-order valence-corrected chi connectivity index (χ2v) is 8.93. The van der Waals surface area contributed by atoms with Crippen LogP contribution in [0.4, 0.5) is 36.8 Å². The predicted molar refractivity (Wildman–Crippen MR) is 122 cm³/mol. The van der Waals surface area contributed by atoms with Gasteiger partial charge in [0.2, 0.25) is 5.91 Å². The monoisotopic (exact) mass is 577 g/mol. The number of hydrogen-bond donors (Lipinski definition) is 3. The first-order valence-electron chi connectivity index (χ1n) is 11.0. The third-order valence-corrected chi connectivity index (χ3v) is 5.46. The molecular formula is C22H26ClF6N3O6. The number of carboxylic acids is 1. The highest BCUT2D eigenvalue weighted by Gasteiger charge is 2.38. The molecule has 0 atom stereocenters. The average Bonchev–Trinajstić information content (AvgIpc) is 2.79. The number of piperidine rings is 1. The first-order chi connectivity index (χ1) is 17.3. The van der Waals surface area contributed by atoms with E-state index in [-0.39, 0.29) is 28.5 Å². The van der Waals surface area contributed by atoms with Crippen LogP contribution in [-0.4, -0.2) is 65.3 Å². The Morgan fingerprint density at radius 1 is 1.08 bits per heavy atom. The highest BCUT2D eigenvalue weighted by molar-refractivity contribution is 6.33. The number of amides is 3. The highest BCUT2D eigenvalue weighted by atomic mass is 35.5. The van der Waals surface area contributed by atoms with E-state index < -0.39 is 35.5 Å². The fourth-order valence-electron chi connectivity index (χ4n) is 3.26. The lowest BCUT2D eigenvalue weighted by Gasteiger charge is -2.36. The van der Waals surface area contributed by atoms with Crippen LogP contribution in [0.3, 0.4) is 0 Å². The van der Waals surface area contributed by atoms with E-state index >= 15 is 0 Å². The number of aliphatic carboxylic acids is 1. The molecule has 1 saturated heterocycles. The van der Waals surface area contributed by atoms with E-state index in [2.05, 4.69) is 10.6 Å². The SMILES string of the molecule is CCOC(=O)C1CCN(C(=O)C(C)(C)NC(=O)Nc2ccc(C(F)(F)F)cc2Cl)CC1.O=C(O)C(F)(F)F. The van der Waals surface area contributed by atoms with Gasteiger partial charge in [0.1, 0.15) is 5.54 Å². The largest absolute Gasteiger partial charge is 0.490 e. The fourth-order valence-corrected chi connectivity index (χ4v) is 3.49. The van der Waals surface area contributed by atoms with Crippen molar-refractivity contribution in [2.45, 2.75) is 51.5 Å². The molecule has 0 unspecified atom stereocenters. The van der Waals surface area contributed by atoms with Gasteiger partial charge in [-0.15, -0.1) is 0 Å². The van der Waals surface area contributed by atoms with E-state index in [1.165, 1.54) is 13.8 Å². The van der Waals surface area contributed by atoms with Gasteiger partial charge in [0.25, 0.3) is 0 Å². The van der Waals surface area contributed by atoms with Crippen molar-refractivity contribution in [3.8, 4) is 0 Å². The number of carbonyl (C=O) groups is 4. The molecule has 1 heterocycles. The summed E-state index contributed by atoms with van der Waals surface area (Å²) < 4.78 is 74.9. The number of alkyl halides is 6. The number of nitrogens with zero attached hydrogens (tertiary/aromatic N) is 1. The van der Waals surface area contributed by atoms with Crippen LogP contribution < -0.4 is 10.6 Å². The normalized spacial score (nSPS) is 14.6. The number of esters is 1. The molecule has 0 aliphatic carbocycles. The number of urea groups is 1. The molecule has 0 saturated carbocycles. The molecule has 3 N–H and O–H groups in total. The van der Waals surface area contributed by atoms with E-state index in [4.69, 9.17) is 26.2 Å². The predicted octanol–water partition coefficient (Wildman–Crippen LogP) is 4.69. The molecular weight excluding hydrogens is 552 g/mol. The quantitative estimate of drug-likeness (QED) is 0.344. The Balaban J connectivity index is 0.000000905. The Morgan fingerprint density at radius 2 is 1.61 bits per heavy atom. The van der Waals surface area contributed by atoms with Crippen LogP contribution in [-0.2, 0) is 25.3 Å². The molecule has 0 aromatic heterocycles. The molecule has 9 nitrogen and oxygen atoms in total. The Kier molecular flexibility index (Phi) is 11.2. The molecule has 38 heavy (non-hydrogen) atoms. The zero-order chi connectivity index (χ0) is 29.5. The number of carbonyl (C=O) groups excluding carboxylic acids is 3. The van der Waals surface area contributed by atoms with Gasteiger partial charge < -0.3 is 25.4 Å². The molecule has 1 fully saturated rings. The van der Waals surface area contributed by atoms with Crippen molar-refractivity contribution in [2.24, 2.45) is 5.92 Å². The van der Waals surface area contributed by atoms with Crippen LogP contribution in [0.25, 0.3) is 0 Å². The maximum atomic E-state index is 12.8. The smallest absolute Gasteiger partial charge is 0.475 e. The van der Waals surface area contributed by atoms with E-state index in [9.17, 15) is 40.7 Å². The summed E-state index contributed by atoms with van der Waals surface area (Å²) in [6.45, 7) is 5.75. The lowest BCUT2D eigenvalue weighted by atomic mass is 9.94. The van der Waals surface area contributed by atoms with E-state index in [0.717, 1.165) is 12.1 Å². The first kappa shape index (κ1) is 32.8. The third-order valence-electron chi connectivity index (χ3n) is 5.15. The Bertz CT molecular complexity index is 1020. The lowest BCUT2D eigenvalue weighted by molar-refractivity contribution is -0.192. The van der Waals surface area contributed by atoms with E-state index in [0.29, 0.717) is 38.6 Å². The van der Waals surface area contributed by atoms with Crippen molar-refractivity contribution in [2.75, 3.05) is 25.0 Å². The van der Waals surface area contributed by atoms with Gasteiger partial charge >= 0.3 is 30.3 Å². The number of nitrogens with one attached hydrogen (secondary N) is 2. The zero-order valence-electron chi connectivity index (χ0n) is 20.4. The molecule has 1 aliphatic heterocycles. The second kappa shape index (κ2) is 13.0. The molecule has 1 aromatic rings. The summed E-state index contributed by atoms with van der Waals surface area (Å²) in [5.74, 6) is -3.64. The summed E-state index contributed by atoms with van der Waals surface area (Å²) in [5, 5.41) is 11.7. The number of benzene rings is 1. The van der Waals surface area contributed by atoms with Gasteiger partial charge in [0, 0.05) is 13.1 Å². The highest BCUT2D eigenvalue weighted by Crippen LogP contribution is 2.33. The Hall–Kier alpha value is -3.23. The summed E-state index contributed by atoms with van der Waals surface area (Å²) in [7, 11) is 0. The second-order valence-electron chi connectivity index (χ2n) is 8.52. The minimum atomic E-state index is -5.08. The number of likely N-dealkylation sites (tertiary alicyclic amines) is 1. The van der Waals surface area contributed by atoms with Gasteiger partial charge in [0.05, 0.1) is 28.8 Å². The van der Waals surface area contributed by atoms with Crippen molar-refractivity contribution in [3.63, 3.8) is 0 Å². The summed E-state index contributed by atoms with van der Waals surface area (Å²) in [6, 6.07) is 1.76. The number of halogens is 7. The van der Waals surface area contributed by atoms with Crippen LogP contribution in [0.15, 0.2) is 18.2 Å². The lowest BCUT2D eigenvalue weighted by Crippen LogP contribution is -2.58. The summed E-state index contributed by atoms with van der Waals surface area (Å²) in [5.41, 5.74) is -2.25. The first-order valence-corrected chi connectivity index (χ1v) is 11.4. The average molecular weight is 578 g/mol. The van der Waals surface area contributed by atoms with Crippen LogP contribution in [0, 0.1) is 5.92 Å². The van der Waals surface area contributed by atoms with Crippen LogP contribution in [0.1, 0.15) is 39.2 Å². The Labute approximate surface area is 218 Å². The van der Waals surface area contributed by atoms with Gasteiger partial charge in [-0.25, -0.2) is 9.59 Å². The minimum absolute atomic E-state index is 0.0225. The molecule has 2 rings (SSSR count). The fraction of sp³-hybridized carbons (Fsp3) is 0.545. The van der Waals surface area contributed by atoms with Gasteiger partial charge in [-0.05, 0) is 51.8 Å². The van der Waals surface area contributed by atoms with Gasteiger partial charge in [0.15, 0.2) is 0 Å². The molecule has 16 heteroatoms. The minimum Gasteiger partial charge on any atom is -0.475 e. The van der Waals surface area contributed by atoms with Crippen molar-refractivity contribution in [1.82, 2.24) is 10.2 Å². The molecule has 0 radical (unpaired) electrons. The van der Waals surface area contributed by atoms with Crippen LogP contribution in [0.2, 0.25) is 5.02 Å². The number of anilines is 1.